The molecule has 7 heteroatoms. The van der Waals surface area contributed by atoms with Crippen LogP contribution in [-0.4, -0.2) is 54.9 Å². The first-order valence-corrected chi connectivity index (χ1v) is 10.5. The molecule has 0 heterocycles. The Kier molecular flexibility index (Phi) is 10.5. The Morgan fingerprint density at radius 1 is 1.17 bits per heavy atom. The zero-order valence-corrected chi connectivity index (χ0v) is 19.2. The van der Waals surface area contributed by atoms with E-state index in [0.29, 0.717) is 12.8 Å². The van der Waals surface area contributed by atoms with E-state index in [4.69, 9.17) is 4.84 Å². The summed E-state index contributed by atoms with van der Waals surface area (Å²) in [7, 11) is 3.35. The molecule has 0 aromatic heterocycles. The minimum absolute atomic E-state index is 0.134. The summed E-state index contributed by atoms with van der Waals surface area (Å²) in [5.74, 6) is -0.864. The van der Waals surface area contributed by atoms with Gasteiger partial charge in [0.05, 0.1) is 12.5 Å². The second-order valence-electron chi connectivity index (χ2n) is 8.84. The highest BCUT2D eigenvalue weighted by molar-refractivity contribution is 5.89. The van der Waals surface area contributed by atoms with Crippen molar-refractivity contribution in [2.45, 2.75) is 59.6 Å². The number of carbonyl (C=O) groups is 3. The normalized spacial score (nSPS) is 13.3. The largest absolute Gasteiger partial charge is 0.347 e. The number of amides is 3. The smallest absolute Gasteiger partial charge is 0.245 e. The molecule has 0 aliphatic heterocycles. The van der Waals surface area contributed by atoms with E-state index in [1.165, 1.54) is 9.96 Å². The molecule has 2 atom stereocenters. The van der Waals surface area contributed by atoms with Gasteiger partial charge in [-0.2, -0.15) is 0 Å². The zero-order chi connectivity index (χ0) is 22.7. The lowest BCUT2D eigenvalue weighted by Crippen LogP contribution is -2.55. The van der Waals surface area contributed by atoms with E-state index in [-0.39, 0.29) is 25.0 Å². The van der Waals surface area contributed by atoms with E-state index in [9.17, 15) is 14.4 Å². The molecule has 7 nitrogen and oxygen atoms in total. The van der Waals surface area contributed by atoms with Crippen LogP contribution in [-0.2, 0) is 25.8 Å². The Hall–Kier alpha value is -2.41. The van der Waals surface area contributed by atoms with Gasteiger partial charge in [0, 0.05) is 14.1 Å². The number of unbranched alkanes of at least 4 members (excludes halogenated alkanes) is 1. The van der Waals surface area contributed by atoms with Crippen LogP contribution in [0.5, 0.6) is 0 Å². The third kappa shape index (κ3) is 8.53. The molecule has 0 saturated heterocycles. The van der Waals surface area contributed by atoms with Gasteiger partial charge in [-0.1, -0.05) is 70.9 Å². The number of hydrogen-bond donors (Lipinski definition) is 1. The van der Waals surface area contributed by atoms with Crippen molar-refractivity contribution in [1.29, 1.82) is 0 Å². The van der Waals surface area contributed by atoms with Gasteiger partial charge < -0.3 is 10.2 Å². The lowest BCUT2D eigenvalue weighted by atomic mass is 9.85. The summed E-state index contributed by atoms with van der Waals surface area (Å²) in [6, 6.07) is 8.87. The third-order valence-corrected chi connectivity index (χ3v) is 4.88. The van der Waals surface area contributed by atoms with E-state index in [2.05, 4.69) is 5.32 Å². The SMILES string of the molecule is CCCC[C@H](CN(C=O)OCc1ccccc1)C(=O)N[C@H](C(=O)N(C)C)C(C)(C)C. The van der Waals surface area contributed by atoms with Gasteiger partial charge in [-0.05, 0) is 17.4 Å². The molecule has 1 rings (SSSR count). The predicted octanol–water partition coefficient (Wildman–Crippen LogP) is 3.00. The van der Waals surface area contributed by atoms with Crippen molar-refractivity contribution in [2.24, 2.45) is 11.3 Å². The van der Waals surface area contributed by atoms with Gasteiger partial charge in [-0.3, -0.25) is 19.2 Å². The average Bonchev–Trinajstić information content (AvgIpc) is 2.70. The van der Waals surface area contributed by atoms with Gasteiger partial charge in [0.15, 0.2) is 0 Å². The minimum Gasteiger partial charge on any atom is -0.347 e. The second-order valence-corrected chi connectivity index (χ2v) is 8.84. The maximum Gasteiger partial charge on any atom is 0.245 e. The topological polar surface area (TPSA) is 79.0 Å². The number of nitrogens with one attached hydrogen (secondary N) is 1. The van der Waals surface area contributed by atoms with E-state index < -0.39 is 17.4 Å². The Bertz CT molecular complexity index is 671. The molecule has 0 unspecified atom stereocenters. The number of hydroxylamine groups is 2. The molecule has 1 aromatic carbocycles. The predicted molar refractivity (Wildman–Crippen MR) is 117 cm³/mol. The summed E-state index contributed by atoms with van der Waals surface area (Å²) >= 11 is 0. The number of carbonyl (C=O) groups excluding carboxylic acids is 3. The van der Waals surface area contributed by atoms with Gasteiger partial charge in [0.2, 0.25) is 18.2 Å². The molecule has 30 heavy (non-hydrogen) atoms. The van der Waals surface area contributed by atoms with E-state index in [0.717, 1.165) is 18.4 Å². The van der Waals surface area contributed by atoms with Crippen LogP contribution in [0.2, 0.25) is 0 Å². The van der Waals surface area contributed by atoms with Crippen molar-refractivity contribution in [3.63, 3.8) is 0 Å². The Morgan fingerprint density at radius 3 is 2.30 bits per heavy atom. The number of nitrogens with zero attached hydrogens (tertiary/aromatic N) is 2. The Balaban J connectivity index is 2.87. The summed E-state index contributed by atoms with van der Waals surface area (Å²) in [6.45, 7) is 8.18. The van der Waals surface area contributed by atoms with Crippen molar-refractivity contribution < 1.29 is 19.2 Å². The average molecular weight is 420 g/mol. The van der Waals surface area contributed by atoms with Crippen LogP contribution in [0, 0.1) is 11.3 Å². The number of likely N-dealkylation sites (N-methyl/N-ethyl adjacent to an activating group) is 1. The molecule has 0 aliphatic rings. The van der Waals surface area contributed by atoms with Crippen molar-refractivity contribution in [1.82, 2.24) is 15.3 Å². The molecule has 0 fully saturated rings. The molecule has 3 amide bonds. The van der Waals surface area contributed by atoms with Crippen molar-refractivity contribution in [3.8, 4) is 0 Å². The monoisotopic (exact) mass is 419 g/mol. The van der Waals surface area contributed by atoms with Crippen LogP contribution in [0.15, 0.2) is 30.3 Å². The van der Waals surface area contributed by atoms with Crippen LogP contribution >= 0.6 is 0 Å². The summed E-state index contributed by atoms with van der Waals surface area (Å²) in [6.07, 6.45) is 2.97. The molecule has 0 spiro atoms. The molecule has 0 aliphatic carbocycles. The molecule has 0 radical (unpaired) electrons. The first-order valence-electron chi connectivity index (χ1n) is 10.5. The van der Waals surface area contributed by atoms with E-state index in [1.807, 2.05) is 58.0 Å². The highest BCUT2D eigenvalue weighted by Gasteiger charge is 2.35. The molecule has 1 aromatic rings. The highest BCUT2D eigenvalue weighted by Crippen LogP contribution is 2.22. The Labute approximate surface area is 180 Å². The quantitative estimate of drug-likeness (QED) is 0.417. The number of rotatable bonds is 12. The van der Waals surface area contributed by atoms with Crippen LogP contribution in [0.3, 0.4) is 0 Å². The minimum atomic E-state index is -0.654. The van der Waals surface area contributed by atoms with E-state index in [1.54, 1.807) is 14.1 Å². The summed E-state index contributed by atoms with van der Waals surface area (Å²) in [5.41, 5.74) is 0.490. The van der Waals surface area contributed by atoms with E-state index >= 15 is 0 Å². The van der Waals surface area contributed by atoms with Crippen LogP contribution in [0.4, 0.5) is 0 Å². The maximum absolute atomic E-state index is 13.1. The van der Waals surface area contributed by atoms with Gasteiger partial charge in [-0.15, -0.1) is 0 Å². The van der Waals surface area contributed by atoms with Crippen molar-refractivity contribution in [3.05, 3.63) is 35.9 Å². The first kappa shape index (κ1) is 25.6. The molecular weight excluding hydrogens is 382 g/mol. The molecular formula is C23H37N3O4. The zero-order valence-electron chi connectivity index (χ0n) is 19.2. The first-order chi connectivity index (χ1) is 14.1. The van der Waals surface area contributed by atoms with Gasteiger partial charge in [0.1, 0.15) is 12.6 Å². The fraction of sp³-hybridized carbons (Fsp3) is 0.609. The lowest BCUT2D eigenvalue weighted by Gasteiger charge is -2.34. The number of benzene rings is 1. The van der Waals surface area contributed by atoms with Crippen molar-refractivity contribution in [2.75, 3.05) is 20.6 Å². The standard InChI is InChI=1S/C23H37N3O4/c1-7-8-14-19(15-26(17-27)30-16-18-12-10-9-11-13-18)21(28)24-20(23(2,3)4)22(29)25(5)6/h9-13,17,19-20H,7-8,14-16H2,1-6H3,(H,24,28)/t19-,20-/m1/s1. The maximum atomic E-state index is 13.1. The molecule has 168 valence electrons. The van der Waals surface area contributed by atoms with Gasteiger partial charge in [0.25, 0.3) is 0 Å². The molecule has 0 saturated carbocycles. The number of hydrogen-bond acceptors (Lipinski definition) is 4. The van der Waals surface area contributed by atoms with Crippen LogP contribution in [0.25, 0.3) is 0 Å². The molecule has 1 N–H and O–H groups in total. The fourth-order valence-electron chi connectivity index (χ4n) is 3.00. The second kappa shape index (κ2) is 12.3. The fourth-order valence-corrected chi connectivity index (χ4v) is 3.00. The highest BCUT2D eigenvalue weighted by atomic mass is 16.7. The Morgan fingerprint density at radius 2 is 1.80 bits per heavy atom. The molecule has 0 bridgehead atoms. The summed E-state index contributed by atoms with van der Waals surface area (Å²) < 4.78 is 0. The summed E-state index contributed by atoms with van der Waals surface area (Å²) in [4.78, 5) is 44.3. The van der Waals surface area contributed by atoms with Gasteiger partial charge in [-0.25, -0.2) is 5.06 Å². The van der Waals surface area contributed by atoms with Crippen LogP contribution in [0.1, 0.15) is 52.5 Å². The third-order valence-electron chi connectivity index (χ3n) is 4.88. The van der Waals surface area contributed by atoms with Crippen molar-refractivity contribution >= 4 is 18.2 Å². The van der Waals surface area contributed by atoms with Gasteiger partial charge >= 0.3 is 0 Å². The lowest BCUT2D eigenvalue weighted by molar-refractivity contribution is -0.182. The van der Waals surface area contributed by atoms with Crippen LogP contribution < -0.4 is 5.32 Å². The summed E-state index contributed by atoms with van der Waals surface area (Å²) in [5, 5.41) is 4.10.